The third-order valence-electron chi connectivity index (χ3n) is 2.40. The van der Waals surface area contributed by atoms with E-state index < -0.39 is 0 Å². The maximum atomic E-state index is 5.91. The summed E-state index contributed by atoms with van der Waals surface area (Å²) in [6.45, 7) is 3.84. The molecule has 0 atom stereocenters. The molecule has 18 heavy (non-hydrogen) atoms. The summed E-state index contributed by atoms with van der Waals surface area (Å²) >= 11 is 0. The summed E-state index contributed by atoms with van der Waals surface area (Å²) in [5.41, 5.74) is 6.41. The molecule has 0 aliphatic carbocycles. The van der Waals surface area contributed by atoms with Gasteiger partial charge in [0.1, 0.15) is 5.75 Å². The molecule has 5 heteroatoms. The molecular formula is C13H17N3O2. The van der Waals surface area contributed by atoms with Crippen LogP contribution >= 0.6 is 0 Å². The number of hydrogen-bond donors (Lipinski definition) is 1. The van der Waals surface area contributed by atoms with Crippen molar-refractivity contribution in [1.29, 1.82) is 0 Å². The largest absolute Gasteiger partial charge is 0.497 e. The lowest BCUT2D eigenvalue weighted by Crippen LogP contribution is -2.34. The van der Waals surface area contributed by atoms with Gasteiger partial charge < -0.3 is 15.0 Å². The van der Waals surface area contributed by atoms with Gasteiger partial charge in [-0.3, -0.25) is 0 Å². The first-order valence-corrected chi connectivity index (χ1v) is 5.74. The fourth-order valence-electron chi connectivity index (χ4n) is 1.60. The van der Waals surface area contributed by atoms with Crippen LogP contribution in [0.2, 0.25) is 0 Å². The molecule has 1 aromatic heterocycles. The molecule has 0 aliphatic heterocycles. The van der Waals surface area contributed by atoms with Crippen molar-refractivity contribution in [2.45, 2.75) is 25.8 Å². The zero-order chi connectivity index (χ0) is 13.2. The predicted molar refractivity (Wildman–Crippen MR) is 68.3 cm³/mol. The second-order valence-corrected chi connectivity index (χ2v) is 4.91. The van der Waals surface area contributed by atoms with Crippen molar-refractivity contribution in [3.05, 3.63) is 30.2 Å². The van der Waals surface area contributed by atoms with E-state index in [0.29, 0.717) is 18.1 Å². The number of rotatable bonds is 4. The standard InChI is InChI=1S/C13H17N3O2/c1-13(2,14)8-11-15-12(16-18-11)9-5-4-6-10(7-9)17-3/h4-7H,8,14H2,1-3H3. The molecule has 0 saturated heterocycles. The van der Waals surface area contributed by atoms with Gasteiger partial charge in [-0.25, -0.2) is 0 Å². The van der Waals surface area contributed by atoms with E-state index in [1.165, 1.54) is 0 Å². The Kier molecular flexibility index (Phi) is 3.34. The van der Waals surface area contributed by atoms with E-state index in [4.69, 9.17) is 15.0 Å². The number of aromatic nitrogens is 2. The number of nitrogens with two attached hydrogens (primary N) is 1. The van der Waals surface area contributed by atoms with Crippen LogP contribution in [-0.4, -0.2) is 22.8 Å². The van der Waals surface area contributed by atoms with Crippen LogP contribution in [0, 0.1) is 0 Å². The molecule has 0 aliphatic rings. The Balaban J connectivity index is 2.23. The summed E-state index contributed by atoms with van der Waals surface area (Å²) in [6, 6.07) is 7.53. The number of hydrogen-bond acceptors (Lipinski definition) is 5. The molecule has 96 valence electrons. The van der Waals surface area contributed by atoms with Gasteiger partial charge in [0.15, 0.2) is 0 Å². The molecule has 1 heterocycles. The zero-order valence-corrected chi connectivity index (χ0v) is 10.8. The van der Waals surface area contributed by atoms with Crippen molar-refractivity contribution in [1.82, 2.24) is 10.1 Å². The average molecular weight is 247 g/mol. The summed E-state index contributed by atoms with van der Waals surface area (Å²) in [6.07, 6.45) is 0.546. The molecule has 0 radical (unpaired) electrons. The molecule has 0 unspecified atom stereocenters. The molecule has 1 aromatic carbocycles. The monoisotopic (exact) mass is 247 g/mol. The van der Waals surface area contributed by atoms with E-state index in [9.17, 15) is 0 Å². The molecule has 0 saturated carbocycles. The van der Waals surface area contributed by atoms with E-state index in [2.05, 4.69) is 10.1 Å². The highest BCUT2D eigenvalue weighted by Gasteiger charge is 2.17. The van der Waals surface area contributed by atoms with Crippen molar-refractivity contribution in [2.75, 3.05) is 7.11 Å². The fourth-order valence-corrected chi connectivity index (χ4v) is 1.60. The van der Waals surface area contributed by atoms with Gasteiger partial charge in [-0.2, -0.15) is 4.98 Å². The van der Waals surface area contributed by atoms with Gasteiger partial charge in [-0.05, 0) is 26.0 Å². The molecular weight excluding hydrogens is 230 g/mol. The molecule has 0 spiro atoms. The summed E-state index contributed by atoms with van der Waals surface area (Å²) in [4.78, 5) is 4.33. The van der Waals surface area contributed by atoms with Gasteiger partial charge in [-0.15, -0.1) is 0 Å². The molecule has 2 rings (SSSR count). The quantitative estimate of drug-likeness (QED) is 0.894. The number of nitrogens with zero attached hydrogens (tertiary/aromatic N) is 2. The third kappa shape index (κ3) is 3.07. The SMILES string of the molecule is COc1cccc(-c2noc(CC(C)(C)N)n2)c1. The van der Waals surface area contributed by atoms with Gasteiger partial charge in [0.2, 0.25) is 11.7 Å². The smallest absolute Gasteiger partial charge is 0.228 e. The van der Waals surface area contributed by atoms with Gasteiger partial charge in [-0.1, -0.05) is 17.3 Å². The minimum atomic E-state index is -0.363. The lowest BCUT2D eigenvalue weighted by atomic mass is 10.0. The van der Waals surface area contributed by atoms with E-state index in [1.807, 2.05) is 38.1 Å². The number of benzene rings is 1. The van der Waals surface area contributed by atoms with Crippen LogP contribution in [0.5, 0.6) is 5.75 Å². The first-order valence-electron chi connectivity index (χ1n) is 5.74. The normalized spacial score (nSPS) is 11.6. The summed E-state index contributed by atoms with van der Waals surface area (Å²) in [5.74, 6) is 1.85. The van der Waals surface area contributed by atoms with Crippen LogP contribution < -0.4 is 10.5 Å². The predicted octanol–water partition coefficient (Wildman–Crippen LogP) is 2.02. The third-order valence-corrected chi connectivity index (χ3v) is 2.40. The Morgan fingerprint density at radius 2 is 2.17 bits per heavy atom. The molecule has 0 amide bonds. The summed E-state index contributed by atoms with van der Waals surface area (Å²) in [7, 11) is 1.62. The van der Waals surface area contributed by atoms with Crippen LogP contribution in [0.4, 0.5) is 0 Å². The van der Waals surface area contributed by atoms with Crippen molar-refractivity contribution < 1.29 is 9.26 Å². The second kappa shape index (κ2) is 4.78. The van der Waals surface area contributed by atoms with Crippen LogP contribution in [0.15, 0.2) is 28.8 Å². The lowest BCUT2D eigenvalue weighted by molar-refractivity contribution is 0.348. The Hall–Kier alpha value is -1.88. The maximum Gasteiger partial charge on any atom is 0.228 e. The minimum absolute atomic E-state index is 0.363. The Labute approximate surface area is 106 Å². The molecule has 0 bridgehead atoms. The zero-order valence-electron chi connectivity index (χ0n) is 10.8. The first-order chi connectivity index (χ1) is 8.48. The first kappa shape index (κ1) is 12.6. The van der Waals surface area contributed by atoms with Crippen molar-refractivity contribution >= 4 is 0 Å². The molecule has 5 nitrogen and oxygen atoms in total. The average Bonchev–Trinajstić information content (AvgIpc) is 2.75. The van der Waals surface area contributed by atoms with Crippen molar-refractivity contribution in [3.63, 3.8) is 0 Å². The number of ether oxygens (including phenoxy) is 1. The highest BCUT2D eigenvalue weighted by molar-refractivity contribution is 5.56. The van der Waals surface area contributed by atoms with Gasteiger partial charge in [0.05, 0.1) is 7.11 Å². The van der Waals surface area contributed by atoms with E-state index in [1.54, 1.807) is 7.11 Å². The maximum absolute atomic E-state index is 5.91. The van der Waals surface area contributed by atoms with Crippen molar-refractivity contribution in [3.8, 4) is 17.1 Å². The minimum Gasteiger partial charge on any atom is -0.497 e. The summed E-state index contributed by atoms with van der Waals surface area (Å²) in [5, 5.41) is 3.95. The van der Waals surface area contributed by atoms with Gasteiger partial charge in [0, 0.05) is 17.5 Å². The molecule has 0 fully saturated rings. The van der Waals surface area contributed by atoms with Crippen LogP contribution in [0.1, 0.15) is 19.7 Å². The van der Waals surface area contributed by atoms with Crippen LogP contribution in [0.25, 0.3) is 11.4 Å². The Morgan fingerprint density at radius 3 is 2.83 bits per heavy atom. The van der Waals surface area contributed by atoms with E-state index in [0.717, 1.165) is 11.3 Å². The summed E-state index contributed by atoms with van der Waals surface area (Å²) < 4.78 is 10.3. The van der Waals surface area contributed by atoms with Gasteiger partial charge in [0.25, 0.3) is 0 Å². The van der Waals surface area contributed by atoms with Crippen molar-refractivity contribution in [2.24, 2.45) is 5.73 Å². The number of methoxy groups -OCH3 is 1. The second-order valence-electron chi connectivity index (χ2n) is 4.91. The molecule has 2 N–H and O–H groups in total. The lowest BCUT2D eigenvalue weighted by Gasteiger charge is -2.14. The topological polar surface area (TPSA) is 74.2 Å². The van der Waals surface area contributed by atoms with Crippen LogP contribution in [0.3, 0.4) is 0 Å². The molecule has 2 aromatic rings. The Bertz CT molecular complexity index is 529. The van der Waals surface area contributed by atoms with Gasteiger partial charge >= 0.3 is 0 Å². The van der Waals surface area contributed by atoms with E-state index >= 15 is 0 Å². The van der Waals surface area contributed by atoms with E-state index in [-0.39, 0.29) is 5.54 Å². The van der Waals surface area contributed by atoms with Crippen LogP contribution in [-0.2, 0) is 6.42 Å². The fraction of sp³-hybridized carbons (Fsp3) is 0.385. The Morgan fingerprint density at radius 1 is 1.39 bits per heavy atom. The highest BCUT2D eigenvalue weighted by atomic mass is 16.5. The highest BCUT2D eigenvalue weighted by Crippen LogP contribution is 2.21.